The molecule has 0 heterocycles. The second kappa shape index (κ2) is 11.3. The molecule has 0 fully saturated rings. The van der Waals surface area contributed by atoms with E-state index in [2.05, 4.69) is 10.6 Å². The van der Waals surface area contributed by atoms with Crippen LogP contribution in [0.15, 0.2) is 103 Å². The molecule has 36 heavy (non-hydrogen) atoms. The fourth-order valence-corrected chi connectivity index (χ4v) is 4.05. The van der Waals surface area contributed by atoms with Crippen LogP contribution in [0.4, 0.5) is 0 Å². The second-order valence-corrected chi connectivity index (χ2v) is 8.52. The fraction of sp³-hybridized carbons (Fsp3) is 0.138. The summed E-state index contributed by atoms with van der Waals surface area (Å²) in [5, 5.41) is 18.3. The topological polar surface area (TPSA) is 122 Å². The lowest BCUT2D eigenvalue weighted by Crippen LogP contribution is -2.52. The summed E-state index contributed by atoms with van der Waals surface area (Å²) in [6.07, 6.45) is -1.51. The van der Waals surface area contributed by atoms with Gasteiger partial charge in [0.15, 0.2) is 6.10 Å². The third-order valence-corrected chi connectivity index (χ3v) is 5.98. The van der Waals surface area contributed by atoms with Gasteiger partial charge in [0, 0.05) is 12.0 Å². The van der Waals surface area contributed by atoms with Crippen LogP contribution < -0.4 is 16.4 Å². The van der Waals surface area contributed by atoms with Gasteiger partial charge in [-0.1, -0.05) is 91.0 Å². The molecular weight excluding hydrogens is 454 g/mol. The maximum absolute atomic E-state index is 13.1. The molecule has 3 atom stereocenters. The van der Waals surface area contributed by atoms with E-state index in [4.69, 9.17) is 5.73 Å². The minimum absolute atomic E-state index is 0.158. The van der Waals surface area contributed by atoms with E-state index in [0.29, 0.717) is 11.1 Å². The molecule has 4 rings (SSSR count). The molecule has 0 aliphatic heterocycles. The molecule has 0 unspecified atom stereocenters. The maximum Gasteiger partial charge on any atom is 0.252 e. The number of rotatable bonds is 9. The van der Waals surface area contributed by atoms with Gasteiger partial charge < -0.3 is 21.5 Å². The molecule has 0 bridgehead atoms. The first-order chi connectivity index (χ1) is 17.4. The Morgan fingerprint density at radius 3 is 2.03 bits per heavy atom. The highest BCUT2D eigenvalue weighted by Gasteiger charge is 2.31. The standard InChI is InChI=1S/C29H27N3O4/c30-27(34)24(18-19-15-16-20-9-7-8-14-23(20)17-19)31-29(36)26(33)25(21-10-3-1-4-11-21)32-28(35)22-12-5-2-6-13-22/h1-17,24-26,33H,18H2,(H2,30,34)(H,31,36)(H,32,35)/t24-,25-,26+/m0/s1. The Labute approximate surface area is 209 Å². The molecule has 0 spiro atoms. The maximum atomic E-state index is 13.1. The molecule has 0 aromatic heterocycles. The molecule has 7 heteroatoms. The van der Waals surface area contributed by atoms with E-state index in [1.807, 2.05) is 42.5 Å². The summed E-state index contributed by atoms with van der Waals surface area (Å²) in [6.45, 7) is 0. The third-order valence-electron chi connectivity index (χ3n) is 5.98. The van der Waals surface area contributed by atoms with Crippen LogP contribution >= 0.6 is 0 Å². The third kappa shape index (κ3) is 5.95. The number of carbonyl (C=O) groups excluding carboxylic acids is 3. The molecule has 4 aromatic carbocycles. The van der Waals surface area contributed by atoms with Crippen molar-refractivity contribution in [1.29, 1.82) is 0 Å². The van der Waals surface area contributed by atoms with Crippen molar-refractivity contribution in [2.75, 3.05) is 0 Å². The molecule has 0 radical (unpaired) electrons. The number of amides is 3. The average molecular weight is 482 g/mol. The van der Waals surface area contributed by atoms with Crippen molar-refractivity contribution >= 4 is 28.5 Å². The van der Waals surface area contributed by atoms with Gasteiger partial charge in [-0.15, -0.1) is 0 Å². The first-order valence-electron chi connectivity index (χ1n) is 11.6. The summed E-state index contributed by atoms with van der Waals surface area (Å²) in [4.78, 5) is 38.1. The van der Waals surface area contributed by atoms with Crippen molar-refractivity contribution in [3.63, 3.8) is 0 Å². The summed E-state index contributed by atoms with van der Waals surface area (Å²) in [5.74, 6) is -1.99. The highest BCUT2D eigenvalue weighted by Crippen LogP contribution is 2.20. The summed E-state index contributed by atoms with van der Waals surface area (Å²) in [5.41, 5.74) is 7.32. The second-order valence-electron chi connectivity index (χ2n) is 8.52. The number of aliphatic hydroxyl groups excluding tert-OH is 1. The molecule has 7 nitrogen and oxygen atoms in total. The molecule has 0 aliphatic carbocycles. The predicted octanol–water partition coefficient (Wildman–Crippen LogP) is 2.88. The van der Waals surface area contributed by atoms with Crippen molar-refractivity contribution < 1.29 is 19.5 Å². The van der Waals surface area contributed by atoms with Gasteiger partial charge in [0.1, 0.15) is 6.04 Å². The highest BCUT2D eigenvalue weighted by molar-refractivity contribution is 5.95. The van der Waals surface area contributed by atoms with E-state index >= 15 is 0 Å². The first-order valence-corrected chi connectivity index (χ1v) is 11.6. The van der Waals surface area contributed by atoms with E-state index in [-0.39, 0.29) is 6.42 Å². The molecule has 5 N–H and O–H groups in total. The van der Waals surface area contributed by atoms with Crippen LogP contribution in [0.1, 0.15) is 27.5 Å². The summed E-state index contributed by atoms with van der Waals surface area (Å²) in [6, 6.07) is 28.6. The Morgan fingerprint density at radius 1 is 0.750 bits per heavy atom. The number of fused-ring (bicyclic) bond motifs is 1. The fourth-order valence-electron chi connectivity index (χ4n) is 4.05. The number of benzene rings is 4. The SMILES string of the molecule is NC(=O)[C@H](Cc1ccc2ccccc2c1)NC(=O)[C@H](O)[C@@H](NC(=O)c1ccccc1)c1ccccc1. The van der Waals surface area contributed by atoms with Crippen molar-refractivity contribution in [3.8, 4) is 0 Å². The van der Waals surface area contributed by atoms with Gasteiger partial charge in [0.2, 0.25) is 5.91 Å². The Morgan fingerprint density at radius 2 is 1.36 bits per heavy atom. The Balaban J connectivity index is 1.52. The summed E-state index contributed by atoms with van der Waals surface area (Å²) in [7, 11) is 0. The van der Waals surface area contributed by atoms with Gasteiger partial charge in [-0.05, 0) is 34.0 Å². The highest BCUT2D eigenvalue weighted by atomic mass is 16.3. The number of carbonyl (C=O) groups is 3. The molecule has 182 valence electrons. The molecular formula is C29H27N3O4. The Kier molecular flexibility index (Phi) is 7.72. The number of nitrogens with one attached hydrogen (secondary N) is 2. The zero-order chi connectivity index (χ0) is 25.5. The van der Waals surface area contributed by atoms with Crippen LogP contribution in [0.3, 0.4) is 0 Å². The van der Waals surface area contributed by atoms with E-state index in [9.17, 15) is 19.5 Å². The van der Waals surface area contributed by atoms with E-state index in [0.717, 1.165) is 16.3 Å². The Hall–Kier alpha value is -4.49. The lowest BCUT2D eigenvalue weighted by molar-refractivity contribution is -0.134. The van der Waals surface area contributed by atoms with Crippen molar-refractivity contribution in [1.82, 2.24) is 10.6 Å². The average Bonchev–Trinajstić information content (AvgIpc) is 2.91. The van der Waals surface area contributed by atoms with Crippen LogP contribution in [-0.4, -0.2) is 35.0 Å². The van der Waals surface area contributed by atoms with Crippen molar-refractivity contribution in [2.24, 2.45) is 5.73 Å². The van der Waals surface area contributed by atoms with E-state index in [1.54, 1.807) is 60.7 Å². The Bertz CT molecular complexity index is 1360. The molecule has 3 amide bonds. The van der Waals surface area contributed by atoms with Crippen LogP contribution in [0.5, 0.6) is 0 Å². The van der Waals surface area contributed by atoms with Crippen LogP contribution in [-0.2, 0) is 16.0 Å². The smallest absolute Gasteiger partial charge is 0.252 e. The lowest BCUT2D eigenvalue weighted by atomic mass is 9.98. The number of hydrogen-bond donors (Lipinski definition) is 4. The normalized spacial score (nSPS) is 13.4. The lowest BCUT2D eigenvalue weighted by Gasteiger charge is -2.26. The van der Waals surface area contributed by atoms with Gasteiger partial charge in [0.25, 0.3) is 11.8 Å². The van der Waals surface area contributed by atoms with Gasteiger partial charge in [0.05, 0.1) is 6.04 Å². The van der Waals surface area contributed by atoms with Crippen LogP contribution in [0.2, 0.25) is 0 Å². The molecule has 0 saturated carbocycles. The molecule has 4 aromatic rings. The number of nitrogens with two attached hydrogens (primary N) is 1. The number of hydrogen-bond acceptors (Lipinski definition) is 4. The van der Waals surface area contributed by atoms with Crippen LogP contribution in [0, 0.1) is 0 Å². The van der Waals surface area contributed by atoms with E-state index in [1.165, 1.54) is 0 Å². The number of aliphatic hydroxyl groups is 1. The monoisotopic (exact) mass is 481 g/mol. The van der Waals surface area contributed by atoms with Gasteiger partial charge in [-0.3, -0.25) is 14.4 Å². The summed E-state index contributed by atoms with van der Waals surface area (Å²) >= 11 is 0. The van der Waals surface area contributed by atoms with Crippen molar-refractivity contribution in [2.45, 2.75) is 24.6 Å². The largest absolute Gasteiger partial charge is 0.381 e. The quantitative estimate of drug-likeness (QED) is 0.294. The number of primary amides is 1. The van der Waals surface area contributed by atoms with Gasteiger partial charge >= 0.3 is 0 Å². The van der Waals surface area contributed by atoms with E-state index < -0.39 is 35.9 Å². The zero-order valence-electron chi connectivity index (χ0n) is 19.5. The molecule has 0 aliphatic rings. The van der Waals surface area contributed by atoms with Gasteiger partial charge in [-0.2, -0.15) is 0 Å². The molecule has 0 saturated heterocycles. The minimum atomic E-state index is -1.67. The van der Waals surface area contributed by atoms with Crippen LogP contribution in [0.25, 0.3) is 10.8 Å². The minimum Gasteiger partial charge on any atom is -0.381 e. The first kappa shape index (κ1) is 24.6. The van der Waals surface area contributed by atoms with Crippen molar-refractivity contribution in [3.05, 3.63) is 120 Å². The zero-order valence-corrected chi connectivity index (χ0v) is 19.5. The predicted molar refractivity (Wildman–Crippen MR) is 138 cm³/mol. The van der Waals surface area contributed by atoms with Gasteiger partial charge in [-0.25, -0.2) is 0 Å². The summed E-state index contributed by atoms with van der Waals surface area (Å²) < 4.78 is 0.